The van der Waals surface area contributed by atoms with Gasteiger partial charge >= 0.3 is 0 Å². The fraction of sp³-hybridized carbons (Fsp3) is 0.400. The molecule has 0 aliphatic heterocycles. The van der Waals surface area contributed by atoms with Gasteiger partial charge in [-0.2, -0.15) is 0 Å². The molecule has 4 nitrogen and oxygen atoms in total. The molecule has 0 radical (unpaired) electrons. The van der Waals surface area contributed by atoms with E-state index in [-0.39, 0.29) is 18.3 Å². The van der Waals surface area contributed by atoms with Gasteiger partial charge in [-0.25, -0.2) is 0 Å². The number of carbonyl (C=O) groups is 1. The molecule has 0 aliphatic rings. The Hall–Kier alpha value is -1.52. The SMILES string of the molecule is CNCCN(C)C(=O)CCc1cc2ccccc2o1.Cl. The zero-order valence-corrected chi connectivity index (χ0v) is 12.7. The van der Waals surface area contributed by atoms with Gasteiger partial charge < -0.3 is 14.6 Å². The zero-order valence-electron chi connectivity index (χ0n) is 11.9. The number of rotatable bonds is 6. The summed E-state index contributed by atoms with van der Waals surface area (Å²) in [6, 6.07) is 9.91. The van der Waals surface area contributed by atoms with Crippen molar-refractivity contribution in [1.82, 2.24) is 10.2 Å². The first-order valence-electron chi connectivity index (χ1n) is 6.56. The lowest BCUT2D eigenvalue weighted by Crippen LogP contribution is -2.32. The number of carbonyl (C=O) groups excluding carboxylic acids is 1. The minimum Gasteiger partial charge on any atom is -0.461 e. The van der Waals surface area contributed by atoms with Crippen LogP contribution in [0, 0.1) is 0 Å². The highest BCUT2D eigenvalue weighted by Gasteiger charge is 2.10. The second-order valence-electron chi connectivity index (χ2n) is 4.67. The van der Waals surface area contributed by atoms with Crippen LogP contribution in [0.5, 0.6) is 0 Å². The summed E-state index contributed by atoms with van der Waals surface area (Å²) in [4.78, 5) is 13.6. The summed E-state index contributed by atoms with van der Waals surface area (Å²) in [5.41, 5.74) is 0.883. The fourth-order valence-electron chi connectivity index (χ4n) is 1.99. The maximum atomic E-state index is 11.9. The quantitative estimate of drug-likeness (QED) is 0.891. The average molecular weight is 297 g/mol. The molecule has 0 atom stereocenters. The number of hydrogen-bond donors (Lipinski definition) is 1. The number of halogens is 1. The number of benzene rings is 1. The number of nitrogens with zero attached hydrogens (tertiary/aromatic N) is 1. The highest BCUT2D eigenvalue weighted by atomic mass is 35.5. The van der Waals surface area contributed by atoms with E-state index in [2.05, 4.69) is 5.32 Å². The first kappa shape index (κ1) is 16.5. The van der Waals surface area contributed by atoms with Gasteiger partial charge in [-0.1, -0.05) is 18.2 Å². The van der Waals surface area contributed by atoms with E-state index in [1.54, 1.807) is 4.90 Å². The maximum absolute atomic E-state index is 11.9. The van der Waals surface area contributed by atoms with Crippen molar-refractivity contribution in [3.63, 3.8) is 0 Å². The predicted molar refractivity (Wildman–Crippen MR) is 83.3 cm³/mol. The van der Waals surface area contributed by atoms with E-state index in [1.165, 1.54) is 0 Å². The van der Waals surface area contributed by atoms with Crippen molar-refractivity contribution in [2.75, 3.05) is 27.2 Å². The fourth-order valence-corrected chi connectivity index (χ4v) is 1.99. The topological polar surface area (TPSA) is 45.5 Å². The molecule has 0 spiro atoms. The molecule has 0 fully saturated rings. The molecule has 110 valence electrons. The number of hydrogen-bond acceptors (Lipinski definition) is 3. The second-order valence-corrected chi connectivity index (χ2v) is 4.67. The van der Waals surface area contributed by atoms with E-state index in [0.717, 1.165) is 29.8 Å². The molecule has 0 bridgehead atoms. The molecule has 2 rings (SSSR count). The van der Waals surface area contributed by atoms with Gasteiger partial charge in [-0.3, -0.25) is 4.79 Å². The standard InChI is InChI=1S/C15H20N2O2.ClH/c1-16-9-10-17(2)15(18)8-7-13-11-12-5-3-4-6-14(12)19-13;/h3-6,11,16H,7-10H2,1-2H3;1H. The summed E-state index contributed by atoms with van der Waals surface area (Å²) in [5.74, 6) is 1.02. The third kappa shape index (κ3) is 4.25. The molecule has 1 N–H and O–H groups in total. The molecule has 0 saturated carbocycles. The van der Waals surface area contributed by atoms with Crippen LogP contribution < -0.4 is 5.32 Å². The molecule has 1 heterocycles. The van der Waals surface area contributed by atoms with Crippen molar-refractivity contribution in [3.05, 3.63) is 36.1 Å². The summed E-state index contributed by atoms with van der Waals surface area (Å²) in [6.45, 7) is 1.54. The van der Waals surface area contributed by atoms with Crippen LogP contribution in [0.1, 0.15) is 12.2 Å². The van der Waals surface area contributed by atoms with Crippen LogP contribution in [0.25, 0.3) is 11.0 Å². The van der Waals surface area contributed by atoms with Crippen molar-refractivity contribution >= 4 is 29.3 Å². The average Bonchev–Trinajstić information content (AvgIpc) is 2.84. The number of furan rings is 1. The monoisotopic (exact) mass is 296 g/mol. The van der Waals surface area contributed by atoms with Gasteiger partial charge in [0.15, 0.2) is 0 Å². The Labute approximate surface area is 125 Å². The number of para-hydroxylation sites is 1. The largest absolute Gasteiger partial charge is 0.461 e. The molecule has 0 unspecified atom stereocenters. The van der Waals surface area contributed by atoms with Crippen molar-refractivity contribution in [2.24, 2.45) is 0 Å². The number of amides is 1. The Morgan fingerprint density at radius 2 is 2.10 bits per heavy atom. The van der Waals surface area contributed by atoms with E-state index in [4.69, 9.17) is 4.42 Å². The van der Waals surface area contributed by atoms with Crippen LogP contribution in [0.3, 0.4) is 0 Å². The van der Waals surface area contributed by atoms with Gasteiger partial charge in [0.05, 0.1) is 0 Å². The van der Waals surface area contributed by atoms with Crippen LogP contribution in [0.15, 0.2) is 34.7 Å². The first-order valence-corrected chi connectivity index (χ1v) is 6.56. The third-order valence-electron chi connectivity index (χ3n) is 3.18. The summed E-state index contributed by atoms with van der Waals surface area (Å²) < 4.78 is 5.70. The summed E-state index contributed by atoms with van der Waals surface area (Å²) in [7, 11) is 3.71. The predicted octanol–water partition coefficient (Wildman–Crippen LogP) is 2.47. The molecular formula is C15H21ClN2O2. The summed E-state index contributed by atoms with van der Waals surface area (Å²) in [5, 5.41) is 4.12. The van der Waals surface area contributed by atoms with Gasteiger partial charge in [0.1, 0.15) is 11.3 Å². The lowest BCUT2D eigenvalue weighted by molar-refractivity contribution is -0.129. The number of fused-ring (bicyclic) bond motifs is 1. The normalized spacial score (nSPS) is 10.3. The smallest absolute Gasteiger partial charge is 0.222 e. The van der Waals surface area contributed by atoms with E-state index in [1.807, 2.05) is 44.4 Å². The van der Waals surface area contributed by atoms with E-state index in [0.29, 0.717) is 12.8 Å². The highest BCUT2D eigenvalue weighted by molar-refractivity contribution is 5.85. The summed E-state index contributed by atoms with van der Waals surface area (Å²) in [6.07, 6.45) is 1.14. The van der Waals surface area contributed by atoms with E-state index < -0.39 is 0 Å². The molecule has 0 aliphatic carbocycles. The number of nitrogens with one attached hydrogen (secondary N) is 1. The van der Waals surface area contributed by atoms with Gasteiger partial charge in [-0.05, 0) is 19.2 Å². The minimum atomic E-state index is 0. The Morgan fingerprint density at radius 3 is 2.80 bits per heavy atom. The van der Waals surface area contributed by atoms with Crippen LogP contribution in [0.4, 0.5) is 0 Å². The molecule has 1 amide bonds. The molecule has 20 heavy (non-hydrogen) atoms. The second kappa shape index (κ2) is 7.92. The van der Waals surface area contributed by atoms with Crippen LogP contribution in [-0.4, -0.2) is 38.0 Å². The first-order chi connectivity index (χ1) is 9.20. The third-order valence-corrected chi connectivity index (χ3v) is 3.18. The molecular weight excluding hydrogens is 276 g/mol. The van der Waals surface area contributed by atoms with Crippen molar-refractivity contribution in [1.29, 1.82) is 0 Å². The lowest BCUT2D eigenvalue weighted by Gasteiger charge is -2.16. The number of likely N-dealkylation sites (N-methyl/N-ethyl adjacent to an activating group) is 2. The molecule has 1 aromatic carbocycles. The van der Waals surface area contributed by atoms with Crippen molar-refractivity contribution in [3.8, 4) is 0 Å². The van der Waals surface area contributed by atoms with Crippen molar-refractivity contribution < 1.29 is 9.21 Å². The van der Waals surface area contributed by atoms with Gasteiger partial charge in [0.25, 0.3) is 0 Å². The van der Waals surface area contributed by atoms with Crippen LogP contribution >= 0.6 is 12.4 Å². The van der Waals surface area contributed by atoms with E-state index >= 15 is 0 Å². The number of aryl methyl sites for hydroxylation is 1. The highest BCUT2D eigenvalue weighted by Crippen LogP contribution is 2.19. The molecule has 5 heteroatoms. The van der Waals surface area contributed by atoms with Crippen LogP contribution in [-0.2, 0) is 11.2 Å². The van der Waals surface area contributed by atoms with Gasteiger partial charge in [0, 0.05) is 38.4 Å². The Bertz CT molecular complexity index is 521. The zero-order chi connectivity index (χ0) is 13.7. The summed E-state index contributed by atoms with van der Waals surface area (Å²) >= 11 is 0. The van der Waals surface area contributed by atoms with Crippen LogP contribution in [0.2, 0.25) is 0 Å². The Balaban J connectivity index is 0.00000200. The van der Waals surface area contributed by atoms with Gasteiger partial charge in [-0.15, -0.1) is 12.4 Å². The maximum Gasteiger partial charge on any atom is 0.222 e. The van der Waals surface area contributed by atoms with Crippen molar-refractivity contribution in [2.45, 2.75) is 12.8 Å². The molecule has 0 saturated heterocycles. The lowest BCUT2D eigenvalue weighted by atomic mass is 10.2. The van der Waals surface area contributed by atoms with E-state index in [9.17, 15) is 4.79 Å². The Morgan fingerprint density at radius 1 is 1.35 bits per heavy atom. The molecule has 1 aromatic heterocycles. The van der Waals surface area contributed by atoms with Gasteiger partial charge in [0.2, 0.25) is 5.91 Å². The molecule has 2 aromatic rings. The Kier molecular flexibility index (Phi) is 6.55. The minimum absolute atomic E-state index is 0.